The molecule has 5 heteroatoms. The van der Waals surface area contributed by atoms with E-state index < -0.39 is 0 Å². The summed E-state index contributed by atoms with van der Waals surface area (Å²) in [7, 11) is 0. The number of carbonyl (C=O) groups excluding carboxylic acids is 1. The summed E-state index contributed by atoms with van der Waals surface area (Å²) in [4.78, 5) is 26.7. The third-order valence-electron chi connectivity index (χ3n) is 3.88. The van der Waals surface area contributed by atoms with Crippen molar-refractivity contribution >= 4 is 5.78 Å². The number of nitrogens with one attached hydrogen (secondary N) is 2. The van der Waals surface area contributed by atoms with E-state index in [0.717, 1.165) is 17.0 Å². The average Bonchev–Trinajstić information content (AvgIpc) is 3.05. The summed E-state index contributed by atoms with van der Waals surface area (Å²) in [5.74, 6) is -0.0932. The Balaban J connectivity index is 1.85. The second-order valence-electron chi connectivity index (χ2n) is 5.59. The second-order valence-corrected chi connectivity index (χ2v) is 5.59. The molecule has 0 fully saturated rings. The topological polar surface area (TPSA) is 78.6 Å². The van der Waals surface area contributed by atoms with E-state index in [-0.39, 0.29) is 17.3 Å². The number of carbonyl (C=O) groups is 1. The number of hydrogen-bond acceptors (Lipinski definition) is 3. The summed E-state index contributed by atoms with van der Waals surface area (Å²) < 4.78 is 0. The van der Waals surface area contributed by atoms with E-state index in [0.29, 0.717) is 11.3 Å². The van der Waals surface area contributed by atoms with Crippen LogP contribution in [0.25, 0.3) is 0 Å². The molecule has 5 nitrogen and oxygen atoms in total. The van der Waals surface area contributed by atoms with Crippen LogP contribution in [0.1, 0.15) is 45.8 Å². The molecule has 23 heavy (non-hydrogen) atoms. The van der Waals surface area contributed by atoms with Gasteiger partial charge in [-0.15, -0.1) is 0 Å². The fraction of sp³-hybridized carbons (Fsp3) is 0.167. The van der Waals surface area contributed by atoms with Gasteiger partial charge in [0.15, 0.2) is 0 Å². The zero-order valence-corrected chi connectivity index (χ0v) is 13.0. The van der Waals surface area contributed by atoms with Gasteiger partial charge in [0.05, 0.1) is 11.4 Å². The van der Waals surface area contributed by atoms with Crippen molar-refractivity contribution in [2.75, 3.05) is 0 Å². The summed E-state index contributed by atoms with van der Waals surface area (Å²) in [5.41, 5.74) is 3.69. The summed E-state index contributed by atoms with van der Waals surface area (Å²) in [6.07, 6.45) is 0. The first kappa shape index (κ1) is 15.0. The van der Waals surface area contributed by atoms with Gasteiger partial charge in [-0.2, -0.15) is 5.10 Å². The number of hydrogen-bond donors (Lipinski definition) is 2. The number of H-pyrrole nitrogens is 2. The van der Waals surface area contributed by atoms with Crippen molar-refractivity contribution in [2.45, 2.75) is 19.8 Å². The lowest BCUT2D eigenvalue weighted by molar-refractivity contribution is 0.103. The first-order valence-corrected chi connectivity index (χ1v) is 7.40. The van der Waals surface area contributed by atoms with Gasteiger partial charge in [0, 0.05) is 23.2 Å². The SMILES string of the molecule is Cc1ccc(C(=O)c2ccc(C(C)c3ccc(=O)[nH]n3)[nH]2)cc1. The van der Waals surface area contributed by atoms with Crippen LogP contribution in [0.3, 0.4) is 0 Å². The van der Waals surface area contributed by atoms with Crippen LogP contribution in [0.15, 0.2) is 53.3 Å². The Hall–Kier alpha value is -2.95. The van der Waals surface area contributed by atoms with Gasteiger partial charge in [0.25, 0.3) is 5.56 Å². The van der Waals surface area contributed by atoms with Gasteiger partial charge in [-0.05, 0) is 25.1 Å². The molecule has 0 spiro atoms. The lowest BCUT2D eigenvalue weighted by atomic mass is 10.0. The number of aromatic nitrogens is 3. The van der Waals surface area contributed by atoms with Gasteiger partial charge in [-0.1, -0.05) is 36.8 Å². The summed E-state index contributed by atoms with van der Waals surface area (Å²) in [6, 6.07) is 14.3. The molecule has 3 aromatic rings. The van der Waals surface area contributed by atoms with Crippen LogP contribution in [0.2, 0.25) is 0 Å². The molecule has 0 aliphatic carbocycles. The molecule has 0 amide bonds. The monoisotopic (exact) mass is 307 g/mol. The van der Waals surface area contributed by atoms with Crippen molar-refractivity contribution in [3.05, 3.63) is 87.1 Å². The highest BCUT2D eigenvalue weighted by atomic mass is 16.1. The Kier molecular flexibility index (Phi) is 3.93. The molecule has 3 rings (SSSR count). The zero-order valence-electron chi connectivity index (χ0n) is 13.0. The molecule has 0 saturated heterocycles. The van der Waals surface area contributed by atoms with Crippen LogP contribution in [-0.4, -0.2) is 21.0 Å². The Bertz CT molecular complexity index is 871. The molecule has 1 unspecified atom stereocenters. The van der Waals surface area contributed by atoms with E-state index >= 15 is 0 Å². The largest absolute Gasteiger partial charge is 0.355 e. The van der Waals surface area contributed by atoms with Crippen molar-refractivity contribution in [3.8, 4) is 0 Å². The molecule has 2 aromatic heterocycles. The van der Waals surface area contributed by atoms with E-state index in [1.165, 1.54) is 6.07 Å². The quantitative estimate of drug-likeness (QED) is 0.727. The molecule has 0 bridgehead atoms. The molecule has 0 radical (unpaired) electrons. The van der Waals surface area contributed by atoms with E-state index in [1.54, 1.807) is 12.1 Å². The molecular formula is C18H17N3O2. The number of benzene rings is 1. The van der Waals surface area contributed by atoms with Crippen LogP contribution in [0, 0.1) is 6.92 Å². The zero-order chi connectivity index (χ0) is 16.4. The lowest BCUT2D eigenvalue weighted by Gasteiger charge is -2.08. The summed E-state index contributed by atoms with van der Waals surface area (Å²) >= 11 is 0. The maximum atomic E-state index is 12.5. The molecule has 0 saturated carbocycles. The molecule has 1 aromatic carbocycles. The normalized spacial score (nSPS) is 12.1. The number of aryl methyl sites for hydroxylation is 1. The number of ketones is 1. The van der Waals surface area contributed by atoms with E-state index in [1.807, 2.05) is 44.2 Å². The highest BCUT2D eigenvalue weighted by Gasteiger charge is 2.16. The maximum Gasteiger partial charge on any atom is 0.264 e. The van der Waals surface area contributed by atoms with Gasteiger partial charge < -0.3 is 4.98 Å². The van der Waals surface area contributed by atoms with Crippen molar-refractivity contribution in [1.82, 2.24) is 15.2 Å². The van der Waals surface area contributed by atoms with Gasteiger partial charge in [0.1, 0.15) is 0 Å². The third kappa shape index (κ3) is 3.13. The Morgan fingerprint density at radius 3 is 2.43 bits per heavy atom. The number of aromatic amines is 2. The highest BCUT2D eigenvalue weighted by molar-refractivity contribution is 6.07. The van der Waals surface area contributed by atoms with Gasteiger partial charge in [-0.25, -0.2) is 5.10 Å². The minimum atomic E-state index is -0.234. The number of rotatable bonds is 4. The van der Waals surface area contributed by atoms with Gasteiger partial charge in [-0.3, -0.25) is 9.59 Å². The predicted molar refractivity (Wildman–Crippen MR) is 87.8 cm³/mol. The second kappa shape index (κ2) is 6.04. The predicted octanol–water partition coefficient (Wildman–Crippen LogP) is 2.79. The van der Waals surface area contributed by atoms with Crippen LogP contribution >= 0.6 is 0 Å². The van der Waals surface area contributed by atoms with Crippen LogP contribution < -0.4 is 5.56 Å². The van der Waals surface area contributed by atoms with Crippen LogP contribution in [0.4, 0.5) is 0 Å². The molecular weight excluding hydrogens is 290 g/mol. The first-order valence-electron chi connectivity index (χ1n) is 7.40. The van der Waals surface area contributed by atoms with Crippen molar-refractivity contribution < 1.29 is 4.79 Å². The fourth-order valence-electron chi connectivity index (χ4n) is 2.41. The molecule has 0 aliphatic rings. The molecule has 2 heterocycles. The lowest BCUT2D eigenvalue weighted by Crippen LogP contribution is -2.10. The molecule has 0 aliphatic heterocycles. The molecule has 116 valence electrons. The Morgan fingerprint density at radius 2 is 1.78 bits per heavy atom. The van der Waals surface area contributed by atoms with Crippen LogP contribution in [0.5, 0.6) is 0 Å². The van der Waals surface area contributed by atoms with E-state index in [9.17, 15) is 9.59 Å². The van der Waals surface area contributed by atoms with E-state index in [2.05, 4.69) is 15.2 Å². The first-order chi connectivity index (χ1) is 11.0. The minimum absolute atomic E-state index is 0.0436. The molecule has 2 N–H and O–H groups in total. The Morgan fingerprint density at radius 1 is 1.04 bits per heavy atom. The van der Waals surface area contributed by atoms with Gasteiger partial charge >= 0.3 is 0 Å². The standard InChI is InChI=1S/C18H17N3O2/c1-11-3-5-13(6-4-11)18(23)16-8-7-14(19-16)12(2)15-9-10-17(22)21-20-15/h3-10,12,19H,1-2H3,(H,21,22). The number of nitrogens with zero attached hydrogens (tertiary/aromatic N) is 1. The van der Waals surface area contributed by atoms with Crippen LogP contribution in [-0.2, 0) is 0 Å². The average molecular weight is 307 g/mol. The van der Waals surface area contributed by atoms with Crippen molar-refractivity contribution in [3.63, 3.8) is 0 Å². The van der Waals surface area contributed by atoms with Crippen molar-refractivity contribution in [1.29, 1.82) is 0 Å². The Labute approximate surface area is 133 Å². The maximum absolute atomic E-state index is 12.5. The smallest absolute Gasteiger partial charge is 0.264 e. The fourth-order valence-corrected chi connectivity index (χ4v) is 2.41. The van der Waals surface area contributed by atoms with E-state index in [4.69, 9.17) is 0 Å². The minimum Gasteiger partial charge on any atom is -0.355 e. The molecule has 1 atom stereocenters. The summed E-state index contributed by atoms with van der Waals surface area (Å²) in [5, 5.41) is 6.46. The third-order valence-corrected chi connectivity index (χ3v) is 3.88. The highest BCUT2D eigenvalue weighted by Crippen LogP contribution is 2.21. The van der Waals surface area contributed by atoms with Crippen molar-refractivity contribution in [2.24, 2.45) is 0 Å². The van der Waals surface area contributed by atoms with Gasteiger partial charge in [0.2, 0.25) is 5.78 Å². The summed E-state index contributed by atoms with van der Waals surface area (Å²) in [6.45, 7) is 3.95.